The fraction of sp³-hybridized carbons (Fsp3) is 0.333. The van der Waals surface area contributed by atoms with Crippen molar-refractivity contribution in [1.82, 2.24) is 4.98 Å². The number of nitrogens with zero attached hydrogens (tertiary/aromatic N) is 1. The Morgan fingerprint density at radius 2 is 2.31 bits per heavy atom. The van der Waals surface area contributed by atoms with Gasteiger partial charge in [-0.05, 0) is 22.6 Å². The molecule has 88 valence electrons. The van der Waals surface area contributed by atoms with Crippen LogP contribution in [-0.4, -0.2) is 18.1 Å². The molecule has 3 nitrogen and oxygen atoms in total. The Labute approximate surface area is 109 Å². The normalized spacial score (nSPS) is 10.6. The SMILES string of the molecule is COC(=O)c1c(C(F)F)cnc(CCl)c1I. The molecule has 1 heterocycles. The van der Waals surface area contributed by atoms with Crippen molar-refractivity contribution in [1.29, 1.82) is 0 Å². The molecule has 0 radical (unpaired) electrons. The van der Waals surface area contributed by atoms with Crippen molar-refractivity contribution in [2.75, 3.05) is 7.11 Å². The highest BCUT2D eigenvalue weighted by Gasteiger charge is 2.24. The maximum absolute atomic E-state index is 12.7. The predicted octanol–water partition coefficient (Wildman–Crippen LogP) is 3.15. The Balaban J connectivity index is 3.42. The van der Waals surface area contributed by atoms with Crippen LogP contribution in [0.4, 0.5) is 8.78 Å². The second-order valence-electron chi connectivity index (χ2n) is 2.78. The van der Waals surface area contributed by atoms with Crippen molar-refractivity contribution in [2.24, 2.45) is 0 Å². The number of rotatable bonds is 3. The van der Waals surface area contributed by atoms with E-state index in [0.29, 0.717) is 9.26 Å². The highest BCUT2D eigenvalue weighted by Crippen LogP contribution is 2.28. The summed E-state index contributed by atoms with van der Waals surface area (Å²) in [7, 11) is 1.13. The maximum Gasteiger partial charge on any atom is 0.339 e. The average Bonchev–Trinajstić information content (AvgIpc) is 2.27. The van der Waals surface area contributed by atoms with Gasteiger partial charge in [0.1, 0.15) is 0 Å². The molecule has 0 aliphatic rings. The van der Waals surface area contributed by atoms with Crippen LogP contribution in [0.1, 0.15) is 28.0 Å². The van der Waals surface area contributed by atoms with Crippen LogP contribution >= 0.6 is 34.2 Å². The first-order valence-electron chi connectivity index (χ1n) is 4.12. The van der Waals surface area contributed by atoms with Crippen LogP contribution in [0.2, 0.25) is 0 Å². The number of methoxy groups -OCH3 is 1. The van der Waals surface area contributed by atoms with Crippen molar-refractivity contribution in [3.63, 3.8) is 0 Å². The van der Waals surface area contributed by atoms with E-state index in [9.17, 15) is 13.6 Å². The lowest BCUT2D eigenvalue weighted by molar-refractivity contribution is 0.0587. The molecule has 0 saturated heterocycles. The molecular weight excluding hydrogens is 354 g/mol. The van der Waals surface area contributed by atoms with Crippen LogP contribution in [0.25, 0.3) is 0 Å². The molecule has 1 aromatic rings. The monoisotopic (exact) mass is 361 g/mol. The molecule has 0 spiro atoms. The topological polar surface area (TPSA) is 39.2 Å². The maximum atomic E-state index is 12.7. The first-order valence-corrected chi connectivity index (χ1v) is 5.74. The average molecular weight is 362 g/mol. The van der Waals surface area contributed by atoms with E-state index in [1.807, 2.05) is 0 Å². The summed E-state index contributed by atoms with van der Waals surface area (Å²) in [5.74, 6) is -0.764. The van der Waals surface area contributed by atoms with Crippen LogP contribution in [0.3, 0.4) is 0 Å². The zero-order valence-corrected chi connectivity index (χ0v) is 11.1. The van der Waals surface area contributed by atoms with Gasteiger partial charge in [0.25, 0.3) is 6.43 Å². The molecule has 1 aromatic heterocycles. The summed E-state index contributed by atoms with van der Waals surface area (Å²) in [6.45, 7) is 0. The molecule has 0 aliphatic carbocycles. The van der Waals surface area contributed by atoms with E-state index in [4.69, 9.17) is 11.6 Å². The number of hydrogen-bond acceptors (Lipinski definition) is 3. The van der Waals surface area contributed by atoms with Crippen molar-refractivity contribution in [3.05, 3.63) is 26.6 Å². The molecule has 0 fully saturated rings. The van der Waals surface area contributed by atoms with E-state index in [1.165, 1.54) is 0 Å². The quantitative estimate of drug-likeness (QED) is 0.472. The number of aromatic nitrogens is 1. The summed E-state index contributed by atoms with van der Waals surface area (Å²) in [4.78, 5) is 15.2. The lowest BCUT2D eigenvalue weighted by Gasteiger charge is -2.10. The van der Waals surface area contributed by atoms with E-state index in [1.54, 1.807) is 22.6 Å². The number of carbonyl (C=O) groups excluding carboxylic acids is 1. The number of pyridine rings is 1. The smallest absolute Gasteiger partial charge is 0.339 e. The van der Waals surface area contributed by atoms with Gasteiger partial charge in [-0.3, -0.25) is 4.98 Å². The first-order chi connectivity index (χ1) is 7.52. The highest BCUT2D eigenvalue weighted by atomic mass is 127. The van der Waals surface area contributed by atoms with Crippen LogP contribution in [0.15, 0.2) is 6.20 Å². The van der Waals surface area contributed by atoms with Crippen molar-refractivity contribution in [3.8, 4) is 0 Å². The lowest BCUT2D eigenvalue weighted by atomic mass is 10.1. The molecule has 16 heavy (non-hydrogen) atoms. The first kappa shape index (κ1) is 13.6. The molecule has 7 heteroatoms. The minimum atomic E-state index is -2.78. The van der Waals surface area contributed by atoms with E-state index in [0.717, 1.165) is 13.3 Å². The number of halogens is 4. The third-order valence-electron chi connectivity index (χ3n) is 1.87. The third kappa shape index (κ3) is 2.60. The second kappa shape index (κ2) is 5.72. The van der Waals surface area contributed by atoms with Crippen LogP contribution in [0, 0.1) is 3.57 Å². The summed E-state index contributed by atoms with van der Waals surface area (Å²) in [6, 6.07) is 0. The van der Waals surface area contributed by atoms with Crippen molar-refractivity contribution in [2.45, 2.75) is 12.3 Å². The number of ether oxygens (including phenoxy) is 1. The van der Waals surface area contributed by atoms with Gasteiger partial charge in [0, 0.05) is 6.20 Å². The Morgan fingerprint density at radius 3 is 2.75 bits per heavy atom. The second-order valence-corrected chi connectivity index (χ2v) is 4.12. The van der Waals surface area contributed by atoms with Crippen LogP contribution in [-0.2, 0) is 10.6 Å². The number of carbonyl (C=O) groups is 1. The summed E-state index contributed by atoms with van der Waals surface area (Å²) in [6.07, 6.45) is -1.82. The molecule has 0 atom stereocenters. The van der Waals surface area contributed by atoms with E-state index >= 15 is 0 Å². The van der Waals surface area contributed by atoms with Gasteiger partial charge < -0.3 is 4.74 Å². The Bertz CT molecular complexity index is 415. The summed E-state index contributed by atoms with van der Waals surface area (Å²) in [5, 5.41) is 0. The van der Waals surface area contributed by atoms with E-state index in [-0.39, 0.29) is 11.4 Å². The summed E-state index contributed by atoms with van der Waals surface area (Å²) < 4.78 is 30.1. The molecule has 0 N–H and O–H groups in total. The van der Waals surface area contributed by atoms with Gasteiger partial charge in [-0.25, -0.2) is 13.6 Å². The fourth-order valence-corrected chi connectivity index (χ4v) is 2.40. The molecule has 0 saturated carbocycles. The fourth-order valence-electron chi connectivity index (χ4n) is 1.11. The predicted molar refractivity (Wildman–Crippen MR) is 62.8 cm³/mol. The van der Waals surface area contributed by atoms with Gasteiger partial charge in [-0.1, -0.05) is 0 Å². The van der Waals surface area contributed by atoms with Gasteiger partial charge in [0.15, 0.2) is 0 Å². The van der Waals surface area contributed by atoms with Gasteiger partial charge in [-0.15, -0.1) is 11.6 Å². The number of alkyl halides is 3. The summed E-state index contributed by atoms with van der Waals surface area (Å²) in [5.41, 5.74) is -0.221. The zero-order valence-electron chi connectivity index (χ0n) is 8.14. The molecular formula is C9H7ClF2INO2. The minimum absolute atomic E-state index is 0.0474. The molecule has 0 bridgehead atoms. The van der Waals surface area contributed by atoms with E-state index < -0.39 is 18.0 Å². The standard InChI is InChI=1S/C9H7ClF2INO2/c1-16-9(15)6-4(8(11)12)3-14-5(2-10)7(6)13/h3,8H,2H2,1H3. The third-order valence-corrected chi connectivity index (χ3v) is 3.29. The van der Waals surface area contributed by atoms with Gasteiger partial charge in [0.2, 0.25) is 0 Å². The Morgan fingerprint density at radius 1 is 1.69 bits per heavy atom. The molecule has 1 rings (SSSR count). The van der Waals surface area contributed by atoms with Gasteiger partial charge in [-0.2, -0.15) is 0 Å². The van der Waals surface area contributed by atoms with Gasteiger partial charge >= 0.3 is 5.97 Å². The van der Waals surface area contributed by atoms with Crippen molar-refractivity contribution < 1.29 is 18.3 Å². The number of esters is 1. The number of hydrogen-bond donors (Lipinski definition) is 0. The zero-order chi connectivity index (χ0) is 12.3. The Hall–Kier alpha value is -0.500. The van der Waals surface area contributed by atoms with Crippen LogP contribution < -0.4 is 0 Å². The lowest BCUT2D eigenvalue weighted by Crippen LogP contribution is -2.11. The van der Waals surface area contributed by atoms with E-state index in [2.05, 4.69) is 9.72 Å². The Kier molecular flexibility index (Phi) is 4.85. The highest BCUT2D eigenvalue weighted by molar-refractivity contribution is 14.1. The molecule has 0 amide bonds. The summed E-state index contributed by atoms with van der Waals surface area (Å²) >= 11 is 7.33. The molecule has 0 unspecified atom stereocenters. The molecule has 0 aliphatic heterocycles. The van der Waals surface area contributed by atoms with Gasteiger partial charge in [0.05, 0.1) is 33.4 Å². The van der Waals surface area contributed by atoms with Crippen LogP contribution in [0.5, 0.6) is 0 Å². The largest absolute Gasteiger partial charge is 0.465 e. The van der Waals surface area contributed by atoms with Crippen molar-refractivity contribution >= 4 is 40.2 Å². The molecule has 0 aromatic carbocycles. The minimum Gasteiger partial charge on any atom is -0.465 e.